The van der Waals surface area contributed by atoms with Crippen LogP contribution in [-0.2, 0) is 0 Å². The Morgan fingerprint density at radius 1 is 0.605 bits per heavy atom. The van der Waals surface area contributed by atoms with Gasteiger partial charge in [0.25, 0.3) is 0 Å². The number of aromatic nitrogens is 1. The summed E-state index contributed by atoms with van der Waals surface area (Å²) in [6.45, 7) is 6.23. The number of benzene rings is 6. The van der Waals surface area contributed by atoms with Crippen LogP contribution >= 0.6 is 0 Å². The molecule has 0 unspecified atom stereocenters. The second-order valence-corrected chi connectivity index (χ2v) is 10.9. The topological polar surface area (TPSA) is 36.7 Å². The van der Waals surface area contributed by atoms with Crippen molar-refractivity contribution in [3.05, 3.63) is 163 Å². The molecule has 204 valence electrons. The van der Waals surface area contributed by atoms with Crippen LogP contribution in [0.2, 0.25) is 0 Å². The average Bonchev–Trinajstić information content (AvgIpc) is 3.06. The van der Waals surface area contributed by atoms with E-state index >= 15 is 0 Å². The first-order valence-electron chi connectivity index (χ1n) is 14.5. The maximum Gasteiger partial charge on any atom is 0.0378 e. The average molecular weight is 551 g/mol. The van der Waals surface area contributed by atoms with E-state index in [1.165, 1.54) is 50.0 Å². The molecular weight excluding hydrogens is 520 g/mol. The Morgan fingerprint density at radius 3 is 1.81 bits per heavy atom. The molecule has 0 spiro atoms. The zero-order chi connectivity index (χ0) is 29.3. The van der Waals surface area contributed by atoms with E-state index in [2.05, 4.69) is 127 Å². The molecule has 0 aliphatic rings. The van der Waals surface area contributed by atoms with Crippen molar-refractivity contribution >= 4 is 49.7 Å². The number of fused-ring (bicyclic) bond motifs is 3. The standard InChI is InChI=1S/C41H30N2/c1-27(30-20-21-43-28(2)23-30)22-35(26-42)33-17-16-32-25-34(19-18-31(32)24-33)41-38-14-8-6-12-36(38)40(29-10-4-3-5-11-29)37-13-7-9-15-39(37)41/h3-26,42H,1H2,2H3/b35-22+,42-26?. The zero-order valence-corrected chi connectivity index (χ0v) is 24.0. The fourth-order valence-corrected chi connectivity index (χ4v) is 6.16. The van der Waals surface area contributed by atoms with Gasteiger partial charge in [0.2, 0.25) is 0 Å². The first-order valence-corrected chi connectivity index (χ1v) is 14.5. The summed E-state index contributed by atoms with van der Waals surface area (Å²) < 4.78 is 0. The van der Waals surface area contributed by atoms with Crippen LogP contribution in [0.3, 0.4) is 0 Å². The summed E-state index contributed by atoms with van der Waals surface area (Å²) in [7, 11) is 0. The number of hydrogen-bond donors (Lipinski definition) is 1. The summed E-state index contributed by atoms with van der Waals surface area (Å²) in [5.74, 6) is 0. The van der Waals surface area contributed by atoms with Crippen LogP contribution in [-0.4, -0.2) is 11.2 Å². The predicted molar refractivity (Wildman–Crippen MR) is 185 cm³/mol. The van der Waals surface area contributed by atoms with Crippen molar-refractivity contribution in [2.45, 2.75) is 6.92 Å². The van der Waals surface area contributed by atoms with Crippen molar-refractivity contribution in [1.29, 1.82) is 5.41 Å². The van der Waals surface area contributed by atoms with Crippen LogP contribution in [0.5, 0.6) is 0 Å². The molecule has 0 bridgehead atoms. The van der Waals surface area contributed by atoms with Crippen LogP contribution in [0, 0.1) is 12.3 Å². The van der Waals surface area contributed by atoms with Gasteiger partial charge in [-0.05, 0) is 114 Å². The Hall–Kier alpha value is -5.60. The lowest BCUT2D eigenvalue weighted by Gasteiger charge is -2.18. The highest BCUT2D eigenvalue weighted by Crippen LogP contribution is 2.44. The minimum atomic E-state index is 0.818. The van der Waals surface area contributed by atoms with E-state index in [9.17, 15) is 0 Å². The first kappa shape index (κ1) is 26.3. The van der Waals surface area contributed by atoms with E-state index in [4.69, 9.17) is 5.41 Å². The fraction of sp³-hybridized carbons (Fsp3) is 0.0244. The summed E-state index contributed by atoms with van der Waals surface area (Å²) in [4.78, 5) is 4.29. The molecule has 0 saturated carbocycles. The summed E-state index contributed by atoms with van der Waals surface area (Å²) >= 11 is 0. The summed E-state index contributed by atoms with van der Waals surface area (Å²) in [6, 6.07) is 45.3. The molecule has 1 heterocycles. The molecule has 0 atom stereocenters. The molecule has 2 nitrogen and oxygen atoms in total. The van der Waals surface area contributed by atoms with Crippen molar-refractivity contribution in [1.82, 2.24) is 4.98 Å². The summed E-state index contributed by atoms with van der Waals surface area (Å²) in [6.07, 6.45) is 5.17. The third kappa shape index (κ3) is 4.83. The quantitative estimate of drug-likeness (QED) is 0.125. The van der Waals surface area contributed by atoms with Crippen molar-refractivity contribution < 1.29 is 0 Å². The van der Waals surface area contributed by atoms with Gasteiger partial charge in [-0.2, -0.15) is 0 Å². The van der Waals surface area contributed by atoms with Gasteiger partial charge in [0, 0.05) is 18.1 Å². The minimum absolute atomic E-state index is 0.818. The van der Waals surface area contributed by atoms with Crippen LogP contribution in [0.4, 0.5) is 0 Å². The van der Waals surface area contributed by atoms with Gasteiger partial charge < -0.3 is 5.41 Å². The molecule has 1 N–H and O–H groups in total. The first-order chi connectivity index (χ1) is 21.1. The molecular formula is C41H30N2. The second-order valence-electron chi connectivity index (χ2n) is 10.9. The molecule has 0 aliphatic heterocycles. The van der Waals surface area contributed by atoms with Crippen molar-refractivity contribution in [3.63, 3.8) is 0 Å². The fourth-order valence-electron chi connectivity index (χ4n) is 6.16. The molecule has 43 heavy (non-hydrogen) atoms. The number of rotatable bonds is 6. The van der Waals surface area contributed by atoms with Gasteiger partial charge in [-0.3, -0.25) is 4.98 Å². The highest BCUT2D eigenvalue weighted by atomic mass is 14.6. The van der Waals surface area contributed by atoms with E-state index < -0.39 is 0 Å². The largest absolute Gasteiger partial charge is 0.308 e. The maximum absolute atomic E-state index is 8.14. The Morgan fingerprint density at radius 2 is 1.19 bits per heavy atom. The summed E-state index contributed by atoms with van der Waals surface area (Å²) in [5, 5.41) is 15.4. The second kappa shape index (κ2) is 11.0. The maximum atomic E-state index is 8.14. The molecule has 7 rings (SSSR count). The van der Waals surface area contributed by atoms with Crippen molar-refractivity contribution in [3.8, 4) is 22.3 Å². The molecule has 2 heteroatoms. The molecule has 0 radical (unpaired) electrons. The Balaban J connectivity index is 1.36. The number of nitrogens with zero attached hydrogens (tertiary/aromatic N) is 1. The monoisotopic (exact) mass is 550 g/mol. The van der Waals surface area contributed by atoms with E-state index in [0.717, 1.165) is 38.7 Å². The van der Waals surface area contributed by atoms with Crippen LogP contribution < -0.4 is 0 Å². The Labute approximate surface area is 251 Å². The van der Waals surface area contributed by atoms with Gasteiger partial charge in [-0.1, -0.05) is 110 Å². The van der Waals surface area contributed by atoms with Gasteiger partial charge in [0.05, 0.1) is 0 Å². The van der Waals surface area contributed by atoms with E-state index in [0.29, 0.717) is 0 Å². The van der Waals surface area contributed by atoms with Gasteiger partial charge in [-0.15, -0.1) is 0 Å². The summed E-state index contributed by atoms with van der Waals surface area (Å²) in [5.41, 5.74) is 9.56. The zero-order valence-electron chi connectivity index (χ0n) is 24.0. The van der Waals surface area contributed by atoms with E-state index in [1.54, 1.807) is 6.20 Å². The van der Waals surface area contributed by atoms with Crippen molar-refractivity contribution in [2.75, 3.05) is 0 Å². The predicted octanol–water partition coefficient (Wildman–Crippen LogP) is 10.9. The molecule has 1 aromatic heterocycles. The molecule has 0 aliphatic carbocycles. The number of allylic oxidation sites excluding steroid dienone is 3. The van der Waals surface area contributed by atoms with Crippen LogP contribution in [0.1, 0.15) is 16.8 Å². The van der Waals surface area contributed by atoms with Crippen LogP contribution in [0.15, 0.2) is 146 Å². The highest BCUT2D eigenvalue weighted by molar-refractivity contribution is 6.21. The molecule has 0 amide bonds. The smallest absolute Gasteiger partial charge is 0.0378 e. The molecule has 6 aromatic carbocycles. The third-order valence-electron chi connectivity index (χ3n) is 8.21. The SMILES string of the molecule is C=C(/C=C(\C=N)c1ccc2cc(-c3c4ccccc4c(-c4ccccc4)c4ccccc34)ccc2c1)c1ccnc(C)c1. The Kier molecular flexibility index (Phi) is 6.73. The number of pyridine rings is 1. The number of nitrogens with one attached hydrogen (secondary N) is 1. The van der Waals surface area contributed by atoms with Gasteiger partial charge in [0.15, 0.2) is 0 Å². The molecule has 0 fully saturated rings. The van der Waals surface area contributed by atoms with Gasteiger partial charge in [-0.25, -0.2) is 0 Å². The van der Waals surface area contributed by atoms with Crippen molar-refractivity contribution in [2.24, 2.45) is 0 Å². The van der Waals surface area contributed by atoms with Gasteiger partial charge >= 0.3 is 0 Å². The molecule has 0 saturated heterocycles. The van der Waals surface area contributed by atoms with Gasteiger partial charge in [0.1, 0.15) is 0 Å². The number of aryl methyl sites for hydroxylation is 1. The van der Waals surface area contributed by atoms with Crippen LogP contribution in [0.25, 0.3) is 65.7 Å². The molecule has 7 aromatic rings. The highest BCUT2D eigenvalue weighted by Gasteiger charge is 2.16. The lowest BCUT2D eigenvalue weighted by Crippen LogP contribution is -1.91. The lowest BCUT2D eigenvalue weighted by atomic mass is 9.85. The minimum Gasteiger partial charge on any atom is -0.308 e. The lowest BCUT2D eigenvalue weighted by molar-refractivity contribution is 1.19. The van der Waals surface area contributed by atoms with E-state index in [-0.39, 0.29) is 0 Å². The normalized spacial score (nSPS) is 11.7. The van der Waals surface area contributed by atoms with E-state index in [1.807, 2.05) is 25.1 Å². The Bertz CT molecular complexity index is 2160. The third-order valence-corrected chi connectivity index (χ3v) is 8.21. The number of hydrogen-bond acceptors (Lipinski definition) is 2.